The van der Waals surface area contributed by atoms with Crippen LogP contribution >= 0.6 is 0 Å². The number of carboxylic acids is 1. The van der Waals surface area contributed by atoms with E-state index < -0.39 is 12.0 Å². The summed E-state index contributed by atoms with van der Waals surface area (Å²) in [5.41, 5.74) is 2.75. The van der Waals surface area contributed by atoms with E-state index in [0.717, 1.165) is 16.9 Å². The lowest BCUT2D eigenvalue weighted by molar-refractivity contribution is -0.141. The fourth-order valence-corrected chi connectivity index (χ4v) is 2.55. The number of nitrogens with one attached hydrogen (secondary N) is 2. The first-order valence-corrected chi connectivity index (χ1v) is 8.43. The maximum atomic E-state index is 12.1. The Morgan fingerprint density at radius 2 is 1.88 bits per heavy atom. The summed E-state index contributed by atoms with van der Waals surface area (Å²) in [6, 6.07) is 14.0. The van der Waals surface area contributed by atoms with Gasteiger partial charge in [0.15, 0.2) is 0 Å². The summed E-state index contributed by atoms with van der Waals surface area (Å²) in [5, 5.41) is 15.0. The van der Waals surface area contributed by atoms with Gasteiger partial charge in [0, 0.05) is 5.69 Å². The first-order chi connectivity index (χ1) is 12.5. The van der Waals surface area contributed by atoms with Crippen molar-refractivity contribution in [1.29, 1.82) is 0 Å². The zero-order valence-corrected chi connectivity index (χ0v) is 15.0. The summed E-state index contributed by atoms with van der Waals surface area (Å²) in [6.45, 7) is 2.39. The average Bonchev–Trinajstić information content (AvgIpc) is 2.61. The van der Waals surface area contributed by atoms with E-state index in [1.807, 2.05) is 49.4 Å². The molecule has 0 unspecified atom stereocenters. The van der Waals surface area contributed by atoms with E-state index in [4.69, 9.17) is 4.74 Å². The van der Waals surface area contributed by atoms with Crippen molar-refractivity contribution in [3.05, 3.63) is 59.7 Å². The highest BCUT2D eigenvalue weighted by Crippen LogP contribution is 2.12. The van der Waals surface area contributed by atoms with E-state index in [0.29, 0.717) is 18.7 Å². The number of ether oxygens (including phenoxy) is 1. The smallest absolute Gasteiger partial charge is 0.321 e. The number of benzene rings is 2. The second kappa shape index (κ2) is 9.58. The highest BCUT2D eigenvalue weighted by atomic mass is 16.5. The lowest BCUT2D eigenvalue weighted by Gasteiger charge is -2.14. The Hall–Kier alpha value is -2.86. The number of amides is 1. The third kappa shape index (κ3) is 6.22. The normalized spacial score (nSPS) is 11.6. The van der Waals surface area contributed by atoms with Crippen molar-refractivity contribution < 1.29 is 19.4 Å². The van der Waals surface area contributed by atoms with Gasteiger partial charge >= 0.3 is 5.97 Å². The molecule has 6 heteroatoms. The fraction of sp³-hybridized carbons (Fsp3) is 0.300. The molecule has 0 heterocycles. The molecule has 0 spiro atoms. The number of carbonyl (C=O) groups excluding carboxylic acids is 1. The Labute approximate surface area is 153 Å². The summed E-state index contributed by atoms with van der Waals surface area (Å²) in [7, 11) is 1.61. The number of carboxylic acid groups (broad SMARTS) is 1. The number of anilines is 1. The lowest BCUT2D eigenvalue weighted by Crippen LogP contribution is -2.40. The maximum absolute atomic E-state index is 12.1. The van der Waals surface area contributed by atoms with E-state index in [1.54, 1.807) is 13.2 Å². The Morgan fingerprint density at radius 3 is 2.50 bits per heavy atom. The van der Waals surface area contributed by atoms with Gasteiger partial charge in [-0.2, -0.15) is 0 Å². The number of carbonyl (C=O) groups is 2. The fourth-order valence-electron chi connectivity index (χ4n) is 2.55. The van der Waals surface area contributed by atoms with Crippen LogP contribution in [0, 0.1) is 6.92 Å². The maximum Gasteiger partial charge on any atom is 0.321 e. The molecule has 0 aromatic heterocycles. The summed E-state index contributed by atoms with van der Waals surface area (Å²) in [5.74, 6) is -0.600. The van der Waals surface area contributed by atoms with E-state index in [1.165, 1.54) is 0 Å². The van der Waals surface area contributed by atoms with Crippen molar-refractivity contribution in [1.82, 2.24) is 5.32 Å². The first kappa shape index (κ1) is 19.5. The molecule has 0 radical (unpaired) electrons. The SMILES string of the molecule is COc1ccc(CCN[C@H](CC(=O)Nc2cccc(C)c2)C(=O)O)cc1. The molecule has 6 nitrogen and oxygen atoms in total. The van der Waals surface area contributed by atoms with Crippen LogP contribution in [-0.4, -0.2) is 36.7 Å². The van der Waals surface area contributed by atoms with Gasteiger partial charge in [-0.25, -0.2) is 0 Å². The Bertz CT molecular complexity index is 744. The van der Waals surface area contributed by atoms with E-state index in [2.05, 4.69) is 10.6 Å². The second-order valence-corrected chi connectivity index (χ2v) is 6.06. The van der Waals surface area contributed by atoms with Crippen molar-refractivity contribution in [3.8, 4) is 5.75 Å². The summed E-state index contributed by atoms with van der Waals surface area (Å²) >= 11 is 0. The summed E-state index contributed by atoms with van der Waals surface area (Å²) in [4.78, 5) is 23.5. The van der Waals surface area contributed by atoms with E-state index >= 15 is 0 Å². The van der Waals surface area contributed by atoms with Crippen LogP contribution in [0.3, 0.4) is 0 Å². The van der Waals surface area contributed by atoms with Gasteiger partial charge < -0.3 is 20.5 Å². The quantitative estimate of drug-likeness (QED) is 0.643. The minimum Gasteiger partial charge on any atom is -0.497 e. The van der Waals surface area contributed by atoms with Gasteiger partial charge in [-0.05, 0) is 55.3 Å². The molecular formula is C20H24N2O4. The molecule has 3 N–H and O–H groups in total. The van der Waals surface area contributed by atoms with Crippen LogP contribution < -0.4 is 15.4 Å². The van der Waals surface area contributed by atoms with Crippen molar-refractivity contribution in [3.63, 3.8) is 0 Å². The van der Waals surface area contributed by atoms with E-state index in [9.17, 15) is 14.7 Å². The number of methoxy groups -OCH3 is 1. The Balaban J connectivity index is 1.83. The van der Waals surface area contributed by atoms with Crippen LogP contribution in [0.5, 0.6) is 5.75 Å². The number of hydrogen-bond donors (Lipinski definition) is 3. The molecule has 2 rings (SSSR count). The largest absolute Gasteiger partial charge is 0.497 e. The highest BCUT2D eigenvalue weighted by Gasteiger charge is 2.20. The lowest BCUT2D eigenvalue weighted by atomic mass is 10.1. The van der Waals surface area contributed by atoms with Gasteiger partial charge in [-0.3, -0.25) is 9.59 Å². The molecule has 0 aliphatic rings. The molecule has 138 valence electrons. The zero-order chi connectivity index (χ0) is 18.9. The van der Waals surface area contributed by atoms with E-state index in [-0.39, 0.29) is 12.3 Å². The highest BCUT2D eigenvalue weighted by molar-refractivity contribution is 5.94. The molecule has 2 aromatic carbocycles. The molecule has 0 bridgehead atoms. The molecule has 1 amide bonds. The number of aliphatic carboxylic acids is 1. The topological polar surface area (TPSA) is 87.7 Å². The third-order valence-electron chi connectivity index (χ3n) is 3.95. The standard InChI is InChI=1S/C20H24N2O4/c1-14-4-3-5-16(12-14)22-19(23)13-18(20(24)25)21-11-10-15-6-8-17(26-2)9-7-15/h3-9,12,18,21H,10-11,13H2,1-2H3,(H,22,23)(H,24,25)/t18-/m1/s1. The van der Waals surface area contributed by atoms with Gasteiger partial charge in [0.25, 0.3) is 0 Å². The minimum atomic E-state index is -1.04. The van der Waals surface area contributed by atoms with Crippen LogP contribution in [0.1, 0.15) is 17.5 Å². The van der Waals surface area contributed by atoms with Crippen molar-refractivity contribution in [2.45, 2.75) is 25.8 Å². The molecule has 2 aromatic rings. The molecule has 0 saturated heterocycles. The van der Waals surface area contributed by atoms with Crippen LogP contribution in [0.2, 0.25) is 0 Å². The summed E-state index contributed by atoms with van der Waals surface area (Å²) in [6.07, 6.45) is 0.527. The van der Waals surface area contributed by atoms with Gasteiger partial charge in [0.05, 0.1) is 13.5 Å². The molecule has 0 aliphatic heterocycles. The average molecular weight is 356 g/mol. The van der Waals surface area contributed by atoms with Crippen LogP contribution in [0.4, 0.5) is 5.69 Å². The summed E-state index contributed by atoms with van der Waals surface area (Å²) < 4.78 is 5.11. The first-order valence-electron chi connectivity index (χ1n) is 8.43. The molecule has 26 heavy (non-hydrogen) atoms. The third-order valence-corrected chi connectivity index (χ3v) is 3.95. The van der Waals surface area contributed by atoms with Crippen LogP contribution in [-0.2, 0) is 16.0 Å². The predicted molar refractivity (Wildman–Crippen MR) is 101 cm³/mol. The Kier molecular flexibility index (Phi) is 7.17. The molecule has 0 aliphatic carbocycles. The molecule has 1 atom stereocenters. The van der Waals surface area contributed by atoms with Crippen LogP contribution in [0.15, 0.2) is 48.5 Å². The minimum absolute atomic E-state index is 0.133. The molecule has 0 fully saturated rings. The Morgan fingerprint density at radius 1 is 1.15 bits per heavy atom. The van der Waals surface area contributed by atoms with Gasteiger partial charge in [0.1, 0.15) is 11.8 Å². The van der Waals surface area contributed by atoms with Gasteiger partial charge in [-0.15, -0.1) is 0 Å². The number of hydrogen-bond acceptors (Lipinski definition) is 4. The zero-order valence-electron chi connectivity index (χ0n) is 15.0. The van der Waals surface area contributed by atoms with Gasteiger partial charge in [-0.1, -0.05) is 24.3 Å². The van der Waals surface area contributed by atoms with Crippen LogP contribution in [0.25, 0.3) is 0 Å². The van der Waals surface area contributed by atoms with Crippen molar-refractivity contribution in [2.24, 2.45) is 0 Å². The van der Waals surface area contributed by atoms with Crippen molar-refractivity contribution in [2.75, 3.05) is 19.0 Å². The monoisotopic (exact) mass is 356 g/mol. The number of rotatable bonds is 9. The molecule has 0 saturated carbocycles. The van der Waals surface area contributed by atoms with Crippen molar-refractivity contribution >= 4 is 17.6 Å². The number of aryl methyl sites for hydroxylation is 1. The van der Waals surface area contributed by atoms with Gasteiger partial charge in [0.2, 0.25) is 5.91 Å². The second-order valence-electron chi connectivity index (χ2n) is 6.06. The molecular weight excluding hydrogens is 332 g/mol. The predicted octanol–water partition coefficient (Wildman–Crippen LogP) is 2.62.